The van der Waals surface area contributed by atoms with Gasteiger partial charge in [-0.15, -0.1) is 0 Å². The number of ether oxygens (including phenoxy) is 1. The van der Waals surface area contributed by atoms with Crippen molar-refractivity contribution in [2.75, 3.05) is 25.2 Å². The molecule has 1 saturated heterocycles. The zero-order valence-corrected chi connectivity index (χ0v) is 13.4. The first-order chi connectivity index (χ1) is 11.6. The summed E-state index contributed by atoms with van der Waals surface area (Å²) in [4.78, 5) is 27.4. The van der Waals surface area contributed by atoms with Gasteiger partial charge in [-0.1, -0.05) is 24.3 Å². The highest BCUT2D eigenvalue weighted by Crippen LogP contribution is 2.36. The molecule has 1 unspecified atom stereocenters. The van der Waals surface area contributed by atoms with Crippen molar-refractivity contribution in [1.82, 2.24) is 0 Å². The van der Waals surface area contributed by atoms with E-state index < -0.39 is 12.1 Å². The average Bonchev–Trinajstić information content (AvgIpc) is 3.09. The zero-order valence-electron chi connectivity index (χ0n) is 13.4. The minimum Gasteiger partial charge on any atom is -0.465 e. The second-order valence-corrected chi connectivity index (χ2v) is 6.40. The number of carbonyl (C=O) groups is 2. The molecule has 0 bridgehead atoms. The van der Waals surface area contributed by atoms with Crippen molar-refractivity contribution in [3.63, 3.8) is 0 Å². The van der Waals surface area contributed by atoms with Crippen LogP contribution in [0.1, 0.15) is 16.8 Å². The number of amides is 1. The quantitative estimate of drug-likeness (QED) is 0.776. The summed E-state index contributed by atoms with van der Waals surface area (Å²) in [5.41, 5.74) is 1.56. The monoisotopic (exact) mass is 327 g/mol. The van der Waals surface area contributed by atoms with Gasteiger partial charge in [0.15, 0.2) is 12.7 Å². The molecule has 2 aliphatic rings. The Kier molecular flexibility index (Phi) is 3.51. The molecule has 2 aromatic rings. The van der Waals surface area contributed by atoms with E-state index in [-0.39, 0.29) is 11.9 Å². The smallest absolute Gasteiger partial charge is 0.364 e. The van der Waals surface area contributed by atoms with E-state index in [1.807, 2.05) is 36.4 Å². The van der Waals surface area contributed by atoms with Gasteiger partial charge >= 0.3 is 5.97 Å². The van der Waals surface area contributed by atoms with Crippen molar-refractivity contribution >= 4 is 28.3 Å². The molecule has 1 amide bonds. The van der Waals surface area contributed by atoms with Crippen LogP contribution in [0.15, 0.2) is 36.4 Å². The molecule has 2 N–H and O–H groups in total. The van der Waals surface area contributed by atoms with Crippen molar-refractivity contribution < 1.29 is 24.3 Å². The summed E-state index contributed by atoms with van der Waals surface area (Å²) in [6, 6.07) is 11.1. The number of quaternary nitrogens is 1. The summed E-state index contributed by atoms with van der Waals surface area (Å²) >= 11 is 0. The average molecular weight is 327 g/mol. The lowest BCUT2D eigenvalue weighted by molar-refractivity contribution is -0.903. The molecule has 6 nitrogen and oxygen atoms in total. The fourth-order valence-electron chi connectivity index (χ4n) is 3.89. The number of likely N-dealkylation sites (tertiary alicyclic amines) is 1. The minimum absolute atomic E-state index is 0.0562. The van der Waals surface area contributed by atoms with Crippen LogP contribution < -0.4 is 9.80 Å². The summed E-state index contributed by atoms with van der Waals surface area (Å²) in [5, 5.41) is 11.9. The highest BCUT2D eigenvalue weighted by atomic mass is 16.5. The van der Waals surface area contributed by atoms with Crippen molar-refractivity contribution in [3.8, 4) is 0 Å². The number of anilines is 1. The molecule has 2 heterocycles. The number of hydrogen-bond donors (Lipinski definition) is 2. The second kappa shape index (κ2) is 5.58. The fraction of sp³-hybridized carbons (Fsp3) is 0.333. The Labute approximate surface area is 139 Å². The number of benzene rings is 2. The van der Waals surface area contributed by atoms with Crippen LogP contribution in [0.3, 0.4) is 0 Å². The summed E-state index contributed by atoms with van der Waals surface area (Å²) < 4.78 is 4.85. The number of esters is 1. The molecular formula is C18H19N2O4+. The number of aliphatic hydroxyl groups is 1. The van der Waals surface area contributed by atoms with Gasteiger partial charge < -0.3 is 14.7 Å². The molecule has 0 saturated carbocycles. The summed E-state index contributed by atoms with van der Waals surface area (Å²) in [7, 11) is 1.35. The van der Waals surface area contributed by atoms with Gasteiger partial charge in [-0.3, -0.25) is 9.69 Å². The predicted molar refractivity (Wildman–Crippen MR) is 87.9 cm³/mol. The Morgan fingerprint density at radius 1 is 1.33 bits per heavy atom. The molecule has 24 heavy (non-hydrogen) atoms. The molecule has 2 aliphatic heterocycles. The highest BCUT2D eigenvalue weighted by molar-refractivity contribution is 6.24. The number of nitrogens with zero attached hydrogens (tertiary/aromatic N) is 1. The fourth-order valence-corrected chi connectivity index (χ4v) is 3.89. The third-order valence-electron chi connectivity index (χ3n) is 4.99. The van der Waals surface area contributed by atoms with Crippen molar-refractivity contribution in [1.29, 1.82) is 0 Å². The number of hydrogen-bond acceptors (Lipinski definition) is 4. The maximum absolute atomic E-state index is 12.8. The molecule has 1 fully saturated rings. The van der Waals surface area contributed by atoms with Gasteiger partial charge in [0.25, 0.3) is 5.91 Å². The standard InChI is InChI=1S/C18H18N2O4/c1-24-18(23)15-8-12(21)9-19(15)10-20-14-7-3-5-11-4-2-6-13(16(11)14)17(20)22/h2-7,12,15,21H,8-10H2,1H3/p+1/t12-,15+/m1/s1. The van der Waals surface area contributed by atoms with Crippen LogP contribution in [0.5, 0.6) is 0 Å². The largest absolute Gasteiger partial charge is 0.465 e. The van der Waals surface area contributed by atoms with E-state index >= 15 is 0 Å². The first-order valence-electron chi connectivity index (χ1n) is 8.04. The van der Waals surface area contributed by atoms with E-state index in [2.05, 4.69) is 0 Å². The summed E-state index contributed by atoms with van der Waals surface area (Å²) in [5.74, 6) is -0.400. The van der Waals surface area contributed by atoms with Gasteiger partial charge in [0.05, 0.1) is 18.4 Å². The molecule has 0 aliphatic carbocycles. The van der Waals surface area contributed by atoms with Gasteiger partial charge in [0.2, 0.25) is 0 Å². The number of carbonyl (C=O) groups excluding carboxylic acids is 2. The van der Waals surface area contributed by atoms with Crippen LogP contribution in [-0.2, 0) is 9.53 Å². The number of methoxy groups -OCH3 is 1. The van der Waals surface area contributed by atoms with E-state index in [1.54, 1.807) is 4.90 Å². The molecule has 0 radical (unpaired) electrons. The number of aliphatic hydroxyl groups excluding tert-OH is 1. The normalized spacial score (nSPS) is 25.5. The molecule has 4 rings (SSSR count). The van der Waals surface area contributed by atoms with E-state index in [1.165, 1.54) is 7.11 Å². The Balaban J connectivity index is 1.68. The van der Waals surface area contributed by atoms with Gasteiger partial charge in [-0.2, -0.15) is 0 Å². The third kappa shape index (κ3) is 2.18. The van der Waals surface area contributed by atoms with Crippen LogP contribution in [0, 0.1) is 0 Å². The van der Waals surface area contributed by atoms with E-state index in [0.29, 0.717) is 25.2 Å². The van der Waals surface area contributed by atoms with Gasteiger partial charge in [0, 0.05) is 11.8 Å². The zero-order chi connectivity index (χ0) is 16.8. The lowest BCUT2D eigenvalue weighted by Gasteiger charge is -2.25. The molecule has 124 valence electrons. The molecule has 2 aromatic carbocycles. The molecule has 3 atom stereocenters. The Morgan fingerprint density at radius 2 is 2.08 bits per heavy atom. The lowest BCUT2D eigenvalue weighted by Crippen LogP contribution is -3.16. The van der Waals surface area contributed by atoms with E-state index in [4.69, 9.17) is 4.74 Å². The molecular weight excluding hydrogens is 308 g/mol. The second-order valence-electron chi connectivity index (χ2n) is 6.40. The Hall–Kier alpha value is -2.44. The maximum Gasteiger partial charge on any atom is 0.364 e. The van der Waals surface area contributed by atoms with Gasteiger partial charge in [-0.05, 0) is 17.5 Å². The van der Waals surface area contributed by atoms with Crippen LogP contribution in [0.25, 0.3) is 10.8 Å². The van der Waals surface area contributed by atoms with Gasteiger partial charge in [-0.25, -0.2) is 4.79 Å². The number of nitrogens with one attached hydrogen (secondary N) is 1. The van der Waals surface area contributed by atoms with Crippen molar-refractivity contribution in [2.45, 2.75) is 18.6 Å². The molecule has 0 aromatic heterocycles. The minimum atomic E-state index is -0.556. The summed E-state index contributed by atoms with van der Waals surface area (Å²) in [6.07, 6.45) is -0.193. The first kappa shape index (κ1) is 15.1. The molecule has 0 spiro atoms. The topological polar surface area (TPSA) is 71.3 Å². The SMILES string of the molecule is COC(=O)[C@@H]1C[C@@H](O)C[NH+]1CN1C(=O)c2cccc3cccc1c23. The Morgan fingerprint density at radius 3 is 2.83 bits per heavy atom. The highest BCUT2D eigenvalue weighted by Gasteiger charge is 2.43. The van der Waals surface area contributed by atoms with E-state index in [9.17, 15) is 14.7 Å². The number of rotatable bonds is 3. The van der Waals surface area contributed by atoms with E-state index in [0.717, 1.165) is 21.4 Å². The van der Waals surface area contributed by atoms with Crippen LogP contribution in [-0.4, -0.2) is 49.5 Å². The summed E-state index contributed by atoms with van der Waals surface area (Å²) in [6.45, 7) is 0.763. The van der Waals surface area contributed by atoms with Crippen LogP contribution >= 0.6 is 0 Å². The Bertz CT molecular complexity index is 830. The predicted octanol–water partition coefficient (Wildman–Crippen LogP) is -0.0514. The molecule has 6 heteroatoms. The van der Waals surface area contributed by atoms with Crippen LogP contribution in [0.4, 0.5) is 5.69 Å². The van der Waals surface area contributed by atoms with Crippen molar-refractivity contribution in [2.24, 2.45) is 0 Å². The van der Waals surface area contributed by atoms with Gasteiger partial charge in [0.1, 0.15) is 12.6 Å². The maximum atomic E-state index is 12.8. The first-order valence-corrected chi connectivity index (χ1v) is 8.04. The van der Waals surface area contributed by atoms with Crippen molar-refractivity contribution in [3.05, 3.63) is 42.0 Å². The lowest BCUT2D eigenvalue weighted by atomic mass is 10.1. The third-order valence-corrected chi connectivity index (χ3v) is 4.99. The van der Waals surface area contributed by atoms with Crippen LogP contribution in [0.2, 0.25) is 0 Å².